The Hall–Kier alpha value is -1.77. The third kappa shape index (κ3) is 1.40. The SMILES string of the molecule is CCc1c(N(C)C)c2ccccc2n1C=O. The second kappa shape index (κ2) is 4.00. The third-order valence-electron chi connectivity index (χ3n) is 2.87. The molecule has 0 spiro atoms. The van der Waals surface area contributed by atoms with Gasteiger partial charge in [-0.05, 0) is 12.5 Å². The number of aromatic nitrogens is 1. The van der Waals surface area contributed by atoms with Gasteiger partial charge in [0.1, 0.15) is 0 Å². The van der Waals surface area contributed by atoms with Crippen molar-refractivity contribution < 1.29 is 4.79 Å². The highest BCUT2D eigenvalue weighted by atomic mass is 16.1. The van der Waals surface area contributed by atoms with Gasteiger partial charge in [-0.1, -0.05) is 25.1 Å². The number of hydrogen-bond acceptors (Lipinski definition) is 2. The maximum Gasteiger partial charge on any atom is 0.218 e. The minimum Gasteiger partial charge on any atom is -0.376 e. The van der Waals surface area contributed by atoms with Crippen LogP contribution in [0.4, 0.5) is 5.69 Å². The van der Waals surface area contributed by atoms with Gasteiger partial charge >= 0.3 is 0 Å². The number of nitrogens with zero attached hydrogens (tertiary/aromatic N) is 2. The first-order valence-corrected chi connectivity index (χ1v) is 5.45. The van der Waals surface area contributed by atoms with Crippen LogP contribution in [0.1, 0.15) is 12.6 Å². The second-order valence-corrected chi connectivity index (χ2v) is 4.04. The molecule has 0 aliphatic carbocycles. The molecule has 1 heterocycles. The summed E-state index contributed by atoms with van der Waals surface area (Å²) in [5.41, 5.74) is 3.20. The molecule has 0 aliphatic rings. The zero-order chi connectivity index (χ0) is 11.7. The zero-order valence-electron chi connectivity index (χ0n) is 9.90. The Morgan fingerprint density at radius 1 is 1.31 bits per heavy atom. The van der Waals surface area contributed by atoms with E-state index in [9.17, 15) is 4.79 Å². The highest BCUT2D eigenvalue weighted by molar-refractivity contribution is 5.98. The topological polar surface area (TPSA) is 25.2 Å². The van der Waals surface area contributed by atoms with Crippen molar-refractivity contribution in [2.75, 3.05) is 19.0 Å². The van der Waals surface area contributed by atoms with Crippen LogP contribution in [0.15, 0.2) is 24.3 Å². The average molecular weight is 216 g/mol. The van der Waals surface area contributed by atoms with Crippen LogP contribution in [0.5, 0.6) is 0 Å². The van der Waals surface area contributed by atoms with Gasteiger partial charge in [0, 0.05) is 25.2 Å². The van der Waals surface area contributed by atoms with Gasteiger partial charge in [-0.3, -0.25) is 9.36 Å². The van der Waals surface area contributed by atoms with E-state index < -0.39 is 0 Å². The quantitative estimate of drug-likeness (QED) is 0.736. The number of rotatable bonds is 3. The second-order valence-electron chi connectivity index (χ2n) is 4.04. The summed E-state index contributed by atoms with van der Waals surface area (Å²) in [5.74, 6) is 0. The lowest BCUT2D eigenvalue weighted by atomic mass is 10.2. The van der Waals surface area contributed by atoms with Crippen LogP contribution in [-0.4, -0.2) is 25.1 Å². The van der Waals surface area contributed by atoms with Crippen molar-refractivity contribution in [3.05, 3.63) is 30.0 Å². The lowest BCUT2D eigenvalue weighted by molar-refractivity contribution is 0.547. The number of para-hydroxylation sites is 1. The summed E-state index contributed by atoms with van der Waals surface area (Å²) in [5, 5.41) is 1.14. The number of anilines is 1. The first-order valence-electron chi connectivity index (χ1n) is 5.45. The summed E-state index contributed by atoms with van der Waals surface area (Å²) >= 11 is 0. The molecule has 0 amide bonds. The van der Waals surface area contributed by atoms with Crippen molar-refractivity contribution in [1.82, 2.24) is 4.57 Å². The maximum absolute atomic E-state index is 11.2. The van der Waals surface area contributed by atoms with Gasteiger partial charge in [0.05, 0.1) is 11.2 Å². The lowest BCUT2D eigenvalue weighted by Crippen LogP contribution is -2.11. The minimum atomic E-state index is 0.848. The molecule has 3 nitrogen and oxygen atoms in total. The van der Waals surface area contributed by atoms with Crippen molar-refractivity contribution in [3.8, 4) is 0 Å². The Kier molecular flexibility index (Phi) is 2.69. The van der Waals surface area contributed by atoms with Crippen LogP contribution in [0.25, 0.3) is 10.9 Å². The molecule has 0 unspecified atom stereocenters. The van der Waals surface area contributed by atoms with E-state index in [1.807, 2.05) is 32.3 Å². The fourth-order valence-electron chi connectivity index (χ4n) is 2.26. The molecule has 2 rings (SSSR count). The van der Waals surface area contributed by atoms with Crippen molar-refractivity contribution in [2.24, 2.45) is 0 Å². The number of carbonyl (C=O) groups excluding carboxylic acids is 1. The van der Waals surface area contributed by atoms with Gasteiger partial charge in [0.25, 0.3) is 0 Å². The maximum atomic E-state index is 11.2. The largest absolute Gasteiger partial charge is 0.376 e. The molecule has 3 heteroatoms. The van der Waals surface area contributed by atoms with Gasteiger partial charge in [-0.2, -0.15) is 0 Å². The summed E-state index contributed by atoms with van der Waals surface area (Å²) in [6.07, 6.45) is 1.75. The van der Waals surface area contributed by atoms with E-state index in [4.69, 9.17) is 0 Å². The molecule has 0 bridgehead atoms. The molecule has 0 radical (unpaired) electrons. The van der Waals surface area contributed by atoms with E-state index in [-0.39, 0.29) is 0 Å². The first kappa shape index (κ1) is 10.7. The lowest BCUT2D eigenvalue weighted by Gasteiger charge is -2.13. The molecule has 0 atom stereocenters. The van der Waals surface area contributed by atoms with E-state index in [1.54, 1.807) is 4.57 Å². The highest BCUT2D eigenvalue weighted by Crippen LogP contribution is 2.32. The third-order valence-corrected chi connectivity index (χ3v) is 2.87. The monoisotopic (exact) mass is 216 g/mol. The van der Waals surface area contributed by atoms with Crippen LogP contribution in [0.2, 0.25) is 0 Å². The fourth-order valence-corrected chi connectivity index (χ4v) is 2.26. The molecule has 0 N–H and O–H groups in total. The number of benzene rings is 1. The summed E-state index contributed by atoms with van der Waals surface area (Å²) in [6, 6.07) is 8.00. The predicted molar refractivity (Wildman–Crippen MR) is 67.8 cm³/mol. The molecule has 84 valence electrons. The van der Waals surface area contributed by atoms with E-state index in [0.717, 1.165) is 35.1 Å². The van der Waals surface area contributed by atoms with E-state index in [0.29, 0.717) is 0 Å². The van der Waals surface area contributed by atoms with Gasteiger partial charge in [0.2, 0.25) is 6.41 Å². The van der Waals surface area contributed by atoms with Crippen molar-refractivity contribution >= 4 is 23.0 Å². The highest BCUT2D eigenvalue weighted by Gasteiger charge is 2.16. The van der Waals surface area contributed by atoms with E-state index in [1.165, 1.54) is 0 Å². The predicted octanol–water partition coefficient (Wildman–Crippen LogP) is 2.31. The summed E-state index contributed by atoms with van der Waals surface area (Å²) in [6.45, 7) is 2.07. The summed E-state index contributed by atoms with van der Waals surface area (Å²) in [4.78, 5) is 13.3. The molecule has 1 aromatic heterocycles. The standard InChI is InChI=1S/C13H16N2O/c1-4-11-13(14(2)3)10-7-5-6-8-12(10)15(11)9-16/h5-9H,4H2,1-3H3. The Bertz CT molecular complexity index is 526. The van der Waals surface area contributed by atoms with Crippen LogP contribution in [0, 0.1) is 0 Å². The molecule has 2 aromatic rings. The summed E-state index contributed by atoms with van der Waals surface area (Å²) < 4.78 is 1.74. The minimum absolute atomic E-state index is 0.848. The Morgan fingerprint density at radius 2 is 2.00 bits per heavy atom. The van der Waals surface area contributed by atoms with Crippen molar-refractivity contribution in [2.45, 2.75) is 13.3 Å². The molecule has 16 heavy (non-hydrogen) atoms. The van der Waals surface area contributed by atoms with E-state index >= 15 is 0 Å². The van der Waals surface area contributed by atoms with Crippen LogP contribution >= 0.6 is 0 Å². The molecule has 0 saturated heterocycles. The van der Waals surface area contributed by atoms with Crippen LogP contribution in [-0.2, 0) is 11.2 Å². The summed E-state index contributed by atoms with van der Waals surface area (Å²) in [7, 11) is 4.02. The first-order chi connectivity index (χ1) is 7.70. The Morgan fingerprint density at radius 3 is 2.56 bits per heavy atom. The molecule has 0 aliphatic heterocycles. The van der Waals surface area contributed by atoms with Crippen molar-refractivity contribution in [1.29, 1.82) is 0 Å². The molecule has 0 fully saturated rings. The smallest absolute Gasteiger partial charge is 0.218 e. The molecular formula is C13H16N2O. The van der Waals surface area contributed by atoms with Crippen LogP contribution in [0.3, 0.4) is 0 Å². The Balaban J connectivity index is 2.90. The average Bonchev–Trinajstić information content (AvgIpc) is 2.62. The van der Waals surface area contributed by atoms with Gasteiger partial charge < -0.3 is 4.90 Å². The molecular weight excluding hydrogens is 200 g/mol. The van der Waals surface area contributed by atoms with Crippen LogP contribution < -0.4 is 4.90 Å². The van der Waals surface area contributed by atoms with Crippen molar-refractivity contribution in [3.63, 3.8) is 0 Å². The fraction of sp³-hybridized carbons (Fsp3) is 0.308. The normalized spacial score (nSPS) is 10.7. The van der Waals surface area contributed by atoms with Gasteiger partial charge in [-0.15, -0.1) is 0 Å². The number of fused-ring (bicyclic) bond motifs is 1. The number of hydrogen-bond donors (Lipinski definition) is 0. The van der Waals surface area contributed by atoms with E-state index in [2.05, 4.69) is 17.9 Å². The number of carbonyl (C=O) groups is 1. The van der Waals surface area contributed by atoms with Gasteiger partial charge in [-0.25, -0.2) is 0 Å². The zero-order valence-corrected chi connectivity index (χ0v) is 9.90. The molecule has 0 saturated carbocycles. The Labute approximate surface area is 95.3 Å². The molecule has 1 aromatic carbocycles. The van der Waals surface area contributed by atoms with Gasteiger partial charge in [0.15, 0.2) is 0 Å².